The predicted molar refractivity (Wildman–Crippen MR) is 95.4 cm³/mol. The molecule has 0 spiro atoms. The van der Waals surface area contributed by atoms with Crippen LogP contribution in [0.4, 0.5) is 13.2 Å². The number of alkyl halides is 3. The minimum Gasteiger partial charge on any atom is -0.356 e. The molecule has 27 heavy (non-hydrogen) atoms. The fraction of sp³-hybridized carbons (Fsp3) is 0.611. The first kappa shape index (κ1) is 21.7. The lowest BCUT2D eigenvalue weighted by Crippen LogP contribution is -2.43. The molecule has 0 saturated carbocycles. The maximum atomic E-state index is 13.2. The van der Waals surface area contributed by atoms with E-state index in [4.69, 9.17) is 0 Å². The van der Waals surface area contributed by atoms with Crippen molar-refractivity contribution in [2.24, 2.45) is 11.8 Å². The van der Waals surface area contributed by atoms with Gasteiger partial charge < -0.3 is 5.32 Å². The summed E-state index contributed by atoms with van der Waals surface area (Å²) in [5.74, 6) is 0.0239. The molecule has 0 unspecified atom stereocenters. The van der Waals surface area contributed by atoms with Crippen LogP contribution in [0.2, 0.25) is 0 Å². The van der Waals surface area contributed by atoms with Crippen molar-refractivity contribution >= 4 is 15.9 Å². The highest BCUT2D eigenvalue weighted by molar-refractivity contribution is 7.89. The molecule has 1 heterocycles. The molecule has 152 valence electrons. The van der Waals surface area contributed by atoms with Crippen LogP contribution < -0.4 is 5.32 Å². The molecule has 9 heteroatoms. The number of nitrogens with one attached hydrogen (secondary N) is 1. The minimum absolute atomic E-state index is 0.0246. The number of amides is 1. The van der Waals surface area contributed by atoms with Crippen LogP contribution in [0.25, 0.3) is 0 Å². The van der Waals surface area contributed by atoms with Crippen molar-refractivity contribution in [3.05, 3.63) is 29.8 Å². The van der Waals surface area contributed by atoms with Gasteiger partial charge in [0.2, 0.25) is 15.9 Å². The van der Waals surface area contributed by atoms with Crippen LogP contribution in [0.1, 0.15) is 38.7 Å². The fourth-order valence-corrected chi connectivity index (χ4v) is 4.73. The summed E-state index contributed by atoms with van der Waals surface area (Å²) in [5, 5.41) is 2.84. The number of piperidine rings is 1. The lowest BCUT2D eigenvalue weighted by molar-refractivity contribution is -0.139. The number of rotatable bonds is 6. The van der Waals surface area contributed by atoms with Crippen molar-refractivity contribution in [2.75, 3.05) is 19.6 Å². The van der Waals surface area contributed by atoms with E-state index in [1.165, 1.54) is 6.07 Å². The third kappa shape index (κ3) is 5.44. The summed E-state index contributed by atoms with van der Waals surface area (Å²) in [7, 11) is -4.27. The lowest BCUT2D eigenvalue weighted by atomic mass is 9.97. The molecule has 0 atom stereocenters. The van der Waals surface area contributed by atoms with E-state index in [0.717, 1.165) is 28.9 Å². The van der Waals surface area contributed by atoms with Crippen LogP contribution >= 0.6 is 0 Å². The summed E-state index contributed by atoms with van der Waals surface area (Å²) in [4.78, 5) is 11.4. The average Bonchev–Trinajstić information content (AvgIpc) is 2.60. The van der Waals surface area contributed by atoms with E-state index in [1.807, 2.05) is 13.8 Å². The quantitative estimate of drug-likeness (QED) is 0.789. The summed E-state index contributed by atoms with van der Waals surface area (Å²) in [6.07, 6.45) is -3.31. The van der Waals surface area contributed by atoms with Crippen molar-refractivity contribution in [3.63, 3.8) is 0 Å². The van der Waals surface area contributed by atoms with Crippen molar-refractivity contribution in [3.8, 4) is 0 Å². The first-order valence-electron chi connectivity index (χ1n) is 8.97. The van der Waals surface area contributed by atoms with E-state index in [-0.39, 0.29) is 24.9 Å². The highest BCUT2D eigenvalue weighted by Crippen LogP contribution is 2.36. The summed E-state index contributed by atoms with van der Waals surface area (Å²) in [6, 6.07) is 4.18. The zero-order valence-corrected chi connectivity index (χ0v) is 16.2. The highest BCUT2D eigenvalue weighted by atomic mass is 32.2. The third-order valence-corrected chi connectivity index (χ3v) is 6.61. The van der Waals surface area contributed by atoms with Gasteiger partial charge in [0.25, 0.3) is 0 Å². The van der Waals surface area contributed by atoms with Gasteiger partial charge in [-0.15, -0.1) is 0 Å². The topological polar surface area (TPSA) is 66.5 Å². The molecule has 1 aliphatic rings. The Bertz CT molecular complexity index is 755. The molecule has 1 N–H and O–H groups in total. The Balaban J connectivity index is 2.04. The van der Waals surface area contributed by atoms with Gasteiger partial charge in [-0.3, -0.25) is 4.79 Å². The van der Waals surface area contributed by atoms with Crippen molar-refractivity contribution in [1.29, 1.82) is 0 Å². The molecule has 1 aliphatic heterocycles. The van der Waals surface area contributed by atoms with Crippen LogP contribution in [0.5, 0.6) is 0 Å². The zero-order chi connectivity index (χ0) is 20.2. The normalized spacial score (nSPS) is 17.3. The molecular weight excluding hydrogens is 381 g/mol. The van der Waals surface area contributed by atoms with E-state index in [1.54, 1.807) is 0 Å². The number of sulfonamides is 1. The van der Waals surface area contributed by atoms with Gasteiger partial charge in [-0.05, 0) is 37.3 Å². The maximum Gasteiger partial charge on any atom is 0.417 e. The number of hydrogen-bond donors (Lipinski definition) is 1. The molecule has 0 bridgehead atoms. The number of hydrogen-bond acceptors (Lipinski definition) is 3. The monoisotopic (exact) mass is 406 g/mol. The van der Waals surface area contributed by atoms with E-state index in [0.29, 0.717) is 25.3 Å². The summed E-state index contributed by atoms with van der Waals surface area (Å²) in [6.45, 7) is 4.71. The number of carbonyl (C=O) groups is 1. The number of nitrogens with zero attached hydrogens (tertiary/aromatic N) is 1. The van der Waals surface area contributed by atoms with Gasteiger partial charge in [0.15, 0.2) is 0 Å². The second-order valence-corrected chi connectivity index (χ2v) is 9.05. The van der Waals surface area contributed by atoms with E-state index < -0.39 is 26.7 Å². The van der Waals surface area contributed by atoms with Crippen LogP contribution in [-0.4, -0.2) is 38.3 Å². The van der Waals surface area contributed by atoms with Gasteiger partial charge >= 0.3 is 6.18 Å². The minimum atomic E-state index is -4.75. The van der Waals surface area contributed by atoms with Crippen LogP contribution in [0, 0.1) is 11.8 Å². The van der Waals surface area contributed by atoms with E-state index in [2.05, 4.69) is 5.32 Å². The van der Waals surface area contributed by atoms with Gasteiger partial charge in [-0.25, -0.2) is 8.42 Å². The fourth-order valence-electron chi connectivity index (χ4n) is 3.05. The molecular formula is C18H25F3N2O3S. The van der Waals surface area contributed by atoms with Crippen LogP contribution in [0.15, 0.2) is 29.2 Å². The van der Waals surface area contributed by atoms with Gasteiger partial charge in [0.05, 0.1) is 10.5 Å². The van der Waals surface area contributed by atoms with Crippen molar-refractivity contribution in [1.82, 2.24) is 9.62 Å². The Morgan fingerprint density at radius 2 is 1.81 bits per heavy atom. The molecule has 5 nitrogen and oxygen atoms in total. The first-order chi connectivity index (χ1) is 12.5. The van der Waals surface area contributed by atoms with Crippen molar-refractivity contribution < 1.29 is 26.4 Å². The summed E-state index contributed by atoms with van der Waals surface area (Å²) >= 11 is 0. The molecule has 1 fully saturated rings. The number of carbonyl (C=O) groups excluding carboxylic acids is 1. The standard InChI is InChI=1S/C18H25F3N2O3S/c1-13(2)7-10-22-17(24)14-8-11-23(12-9-14)27(25,26)16-6-4-3-5-15(16)18(19,20)21/h3-6,13-14H,7-12H2,1-2H3,(H,22,24). The maximum absolute atomic E-state index is 13.2. The van der Waals surface area contributed by atoms with Crippen LogP contribution in [-0.2, 0) is 21.0 Å². The highest BCUT2D eigenvalue weighted by Gasteiger charge is 2.40. The zero-order valence-electron chi connectivity index (χ0n) is 15.4. The second kappa shape index (κ2) is 8.60. The Kier molecular flexibility index (Phi) is 6.91. The second-order valence-electron chi connectivity index (χ2n) is 7.15. The Morgan fingerprint density at radius 3 is 2.37 bits per heavy atom. The summed E-state index contributed by atoms with van der Waals surface area (Å²) in [5.41, 5.74) is -1.17. The van der Waals surface area contributed by atoms with Gasteiger partial charge in [-0.1, -0.05) is 26.0 Å². The first-order valence-corrected chi connectivity index (χ1v) is 10.4. The Hall–Kier alpha value is -1.61. The number of benzene rings is 1. The van der Waals surface area contributed by atoms with Gasteiger partial charge in [-0.2, -0.15) is 17.5 Å². The van der Waals surface area contributed by atoms with E-state index in [9.17, 15) is 26.4 Å². The van der Waals surface area contributed by atoms with Gasteiger partial charge in [0.1, 0.15) is 0 Å². The molecule has 1 aromatic rings. The van der Waals surface area contributed by atoms with Crippen LogP contribution in [0.3, 0.4) is 0 Å². The molecule has 0 aromatic heterocycles. The Labute approximate surface area is 158 Å². The molecule has 1 saturated heterocycles. The molecule has 1 aromatic carbocycles. The third-order valence-electron chi connectivity index (χ3n) is 4.66. The molecule has 0 radical (unpaired) electrons. The molecule has 2 rings (SSSR count). The van der Waals surface area contributed by atoms with Crippen molar-refractivity contribution in [2.45, 2.75) is 44.2 Å². The molecule has 1 amide bonds. The van der Waals surface area contributed by atoms with Gasteiger partial charge in [0, 0.05) is 25.6 Å². The average molecular weight is 406 g/mol. The lowest BCUT2D eigenvalue weighted by Gasteiger charge is -2.31. The predicted octanol–water partition coefficient (Wildman–Crippen LogP) is 3.27. The smallest absolute Gasteiger partial charge is 0.356 e. The largest absolute Gasteiger partial charge is 0.417 e. The Morgan fingerprint density at radius 1 is 1.22 bits per heavy atom. The number of halogens is 3. The SMILES string of the molecule is CC(C)CCNC(=O)C1CCN(S(=O)(=O)c2ccccc2C(F)(F)F)CC1. The van der Waals surface area contributed by atoms with E-state index >= 15 is 0 Å². The summed E-state index contributed by atoms with van der Waals surface area (Å²) < 4.78 is 65.9. The molecule has 0 aliphatic carbocycles.